The summed E-state index contributed by atoms with van der Waals surface area (Å²) in [4.78, 5) is 25.6. The lowest BCUT2D eigenvalue weighted by molar-refractivity contribution is 0.0944. The van der Waals surface area contributed by atoms with Crippen LogP contribution in [-0.4, -0.2) is 56.0 Å². The smallest absolute Gasteiger partial charge is 0.272 e. The summed E-state index contributed by atoms with van der Waals surface area (Å²) in [5.74, 6) is -0.0778. The molecule has 34 heavy (non-hydrogen) atoms. The molecule has 182 valence electrons. The van der Waals surface area contributed by atoms with E-state index in [0.717, 1.165) is 5.56 Å². The van der Waals surface area contributed by atoms with E-state index in [1.54, 1.807) is 13.0 Å². The Balaban J connectivity index is 2.02. The van der Waals surface area contributed by atoms with Gasteiger partial charge in [-0.2, -0.15) is 9.61 Å². The first-order chi connectivity index (χ1) is 16.0. The van der Waals surface area contributed by atoms with Gasteiger partial charge in [-0.3, -0.25) is 15.0 Å². The van der Waals surface area contributed by atoms with Crippen LogP contribution in [0.1, 0.15) is 65.2 Å². The molecule has 0 atom stereocenters. The number of ketones is 1. The van der Waals surface area contributed by atoms with Crippen molar-refractivity contribution in [2.45, 2.75) is 53.5 Å². The summed E-state index contributed by atoms with van der Waals surface area (Å²) in [6, 6.07) is 5.31. The maximum Gasteiger partial charge on any atom is 0.272 e. The Kier molecular flexibility index (Phi) is 7.21. The first-order valence-corrected chi connectivity index (χ1v) is 11.2. The Hall–Kier alpha value is -3.53. The zero-order valence-corrected chi connectivity index (χ0v) is 20.5. The molecule has 1 aromatic carbocycles. The average Bonchev–Trinajstić information content (AvgIpc) is 3.09. The van der Waals surface area contributed by atoms with Crippen molar-refractivity contribution in [2.75, 3.05) is 19.8 Å². The molecule has 10 heteroatoms. The fourth-order valence-corrected chi connectivity index (χ4v) is 3.50. The van der Waals surface area contributed by atoms with E-state index in [2.05, 4.69) is 15.5 Å². The van der Waals surface area contributed by atoms with Crippen LogP contribution in [0, 0.1) is 19.3 Å². The highest BCUT2D eigenvalue weighted by Crippen LogP contribution is 2.28. The van der Waals surface area contributed by atoms with Crippen molar-refractivity contribution < 1.29 is 19.4 Å². The van der Waals surface area contributed by atoms with Crippen LogP contribution in [0.4, 0.5) is 0 Å². The van der Waals surface area contributed by atoms with E-state index in [1.165, 1.54) is 9.20 Å². The number of aliphatic hydroxyl groups excluding tert-OH is 1. The Bertz CT molecular complexity index is 1300. The molecular weight excluding hydrogens is 436 g/mol. The third-order valence-electron chi connectivity index (χ3n) is 5.61. The number of amides is 1. The number of nitrogens with one attached hydrogen (secondary N) is 2. The van der Waals surface area contributed by atoms with E-state index in [0.29, 0.717) is 34.6 Å². The number of fused-ring (bicyclic) bond motifs is 1. The van der Waals surface area contributed by atoms with Gasteiger partial charge in [-0.25, -0.2) is 4.68 Å². The monoisotopic (exact) mass is 468 g/mol. The van der Waals surface area contributed by atoms with Gasteiger partial charge < -0.3 is 15.2 Å². The topological polar surface area (TPSA) is 135 Å². The molecule has 0 aliphatic carbocycles. The van der Waals surface area contributed by atoms with Crippen LogP contribution in [0.2, 0.25) is 0 Å². The van der Waals surface area contributed by atoms with Gasteiger partial charge in [-0.05, 0) is 55.5 Å². The van der Waals surface area contributed by atoms with Crippen molar-refractivity contribution in [1.29, 1.82) is 5.41 Å². The number of carbonyl (C=O) groups is 2. The fraction of sp³-hybridized carbons (Fsp3) is 0.458. The van der Waals surface area contributed by atoms with Crippen LogP contribution >= 0.6 is 0 Å². The number of benzene rings is 1. The van der Waals surface area contributed by atoms with Gasteiger partial charge in [0.2, 0.25) is 5.62 Å². The average molecular weight is 469 g/mol. The minimum absolute atomic E-state index is 0.110. The molecule has 0 fully saturated rings. The first-order valence-electron chi connectivity index (χ1n) is 11.2. The summed E-state index contributed by atoms with van der Waals surface area (Å²) in [6.45, 7) is 11.8. The third-order valence-corrected chi connectivity index (χ3v) is 5.61. The van der Waals surface area contributed by atoms with Crippen molar-refractivity contribution >= 4 is 17.3 Å². The van der Waals surface area contributed by atoms with Gasteiger partial charge in [0.15, 0.2) is 17.1 Å². The lowest BCUT2D eigenvalue weighted by Gasteiger charge is -2.21. The summed E-state index contributed by atoms with van der Waals surface area (Å²) in [5, 5.41) is 29.1. The van der Waals surface area contributed by atoms with Gasteiger partial charge in [0.1, 0.15) is 18.9 Å². The van der Waals surface area contributed by atoms with Gasteiger partial charge in [0.05, 0.1) is 6.61 Å². The predicted octanol–water partition coefficient (Wildman–Crippen LogP) is 1.93. The molecule has 0 aliphatic heterocycles. The molecule has 0 unspecified atom stereocenters. The molecule has 3 rings (SSSR count). The molecule has 3 aromatic rings. The number of carbonyl (C=O) groups excluding carboxylic acids is 2. The maximum absolute atomic E-state index is 13.2. The third kappa shape index (κ3) is 5.01. The Morgan fingerprint density at radius 3 is 2.47 bits per heavy atom. The molecule has 0 bridgehead atoms. The second kappa shape index (κ2) is 9.76. The number of rotatable bonds is 8. The molecule has 3 N–H and O–H groups in total. The number of ether oxygens (including phenoxy) is 1. The molecule has 0 saturated carbocycles. The van der Waals surface area contributed by atoms with Crippen LogP contribution in [-0.2, 0) is 12.0 Å². The number of hydrogen-bond acceptors (Lipinski definition) is 7. The van der Waals surface area contributed by atoms with E-state index in [9.17, 15) is 9.59 Å². The van der Waals surface area contributed by atoms with Gasteiger partial charge in [0, 0.05) is 17.7 Å². The number of Topliss-reactive ketones (excluding diaryl/α,β-unsaturated/α-hetero) is 1. The molecule has 0 spiro atoms. The van der Waals surface area contributed by atoms with Crippen LogP contribution < -0.4 is 15.7 Å². The normalized spacial score (nSPS) is 11.6. The predicted molar refractivity (Wildman–Crippen MR) is 126 cm³/mol. The molecule has 2 heterocycles. The molecule has 10 nitrogen and oxygen atoms in total. The van der Waals surface area contributed by atoms with Crippen molar-refractivity contribution in [3.05, 3.63) is 51.8 Å². The van der Waals surface area contributed by atoms with Crippen molar-refractivity contribution in [3.8, 4) is 5.75 Å². The molecular formula is C24H32N6O4. The van der Waals surface area contributed by atoms with Crippen LogP contribution in [0.25, 0.3) is 5.65 Å². The van der Waals surface area contributed by atoms with Crippen molar-refractivity contribution in [1.82, 2.24) is 24.7 Å². The highest BCUT2D eigenvalue weighted by atomic mass is 16.5. The van der Waals surface area contributed by atoms with Gasteiger partial charge in [0.25, 0.3) is 5.91 Å². The standard InChI is InChI=1S/C24H32N6O4/c1-7-26-22(33)20-14(2)15(3)21-28-29(23(25)30(21)27-20)13-19(32)16-10-17(24(4,5)6)12-18(11-16)34-9-8-31/h10-12,25,31H,7-9,13H2,1-6H3,(H,26,33). The molecule has 1 amide bonds. The van der Waals surface area contributed by atoms with Gasteiger partial charge in [-0.1, -0.05) is 20.8 Å². The van der Waals surface area contributed by atoms with Crippen LogP contribution in [0.15, 0.2) is 18.2 Å². The SMILES string of the molecule is CCNC(=O)c1nn2c(=N)n(CC(=O)c3cc(OCCO)cc(C(C)(C)C)c3)nc2c(C)c1C. The van der Waals surface area contributed by atoms with E-state index in [1.807, 2.05) is 46.8 Å². The summed E-state index contributed by atoms with van der Waals surface area (Å²) in [7, 11) is 0. The van der Waals surface area contributed by atoms with Crippen LogP contribution in [0.5, 0.6) is 5.75 Å². The van der Waals surface area contributed by atoms with Crippen LogP contribution in [0.3, 0.4) is 0 Å². The van der Waals surface area contributed by atoms with E-state index < -0.39 is 0 Å². The van der Waals surface area contributed by atoms with Gasteiger partial charge in [-0.15, -0.1) is 5.10 Å². The summed E-state index contributed by atoms with van der Waals surface area (Å²) in [6.07, 6.45) is 0. The minimum Gasteiger partial charge on any atom is -0.491 e. The van der Waals surface area contributed by atoms with E-state index >= 15 is 0 Å². The highest BCUT2D eigenvalue weighted by Gasteiger charge is 2.21. The lowest BCUT2D eigenvalue weighted by atomic mass is 9.85. The summed E-state index contributed by atoms with van der Waals surface area (Å²) in [5.41, 5.74) is 3.03. The zero-order valence-electron chi connectivity index (χ0n) is 20.5. The molecule has 0 saturated heterocycles. The molecule has 2 aromatic heterocycles. The summed E-state index contributed by atoms with van der Waals surface area (Å²) >= 11 is 0. The fourth-order valence-electron chi connectivity index (χ4n) is 3.50. The number of aliphatic hydroxyl groups is 1. The molecule has 0 aliphatic rings. The number of aryl methyl sites for hydroxylation is 1. The van der Waals surface area contributed by atoms with Crippen molar-refractivity contribution in [3.63, 3.8) is 0 Å². The lowest BCUT2D eigenvalue weighted by Crippen LogP contribution is -2.29. The number of aromatic nitrogens is 4. The zero-order chi connectivity index (χ0) is 25.2. The summed E-state index contributed by atoms with van der Waals surface area (Å²) < 4.78 is 8.13. The Morgan fingerprint density at radius 1 is 1.15 bits per heavy atom. The van der Waals surface area contributed by atoms with E-state index in [-0.39, 0.29) is 48.2 Å². The highest BCUT2D eigenvalue weighted by molar-refractivity contribution is 5.96. The quantitative estimate of drug-likeness (QED) is 0.433. The second-order valence-electron chi connectivity index (χ2n) is 9.17. The van der Waals surface area contributed by atoms with E-state index in [4.69, 9.17) is 15.3 Å². The maximum atomic E-state index is 13.2. The number of nitrogens with zero attached hydrogens (tertiary/aromatic N) is 4. The van der Waals surface area contributed by atoms with Crippen molar-refractivity contribution in [2.24, 2.45) is 0 Å². The first kappa shape index (κ1) is 25.1. The Morgan fingerprint density at radius 2 is 1.85 bits per heavy atom. The largest absolute Gasteiger partial charge is 0.491 e. The Labute approximate surface area is 198 Å². The minimum atomic E-state index is -0.324. The number of hydrogen-bond donors (Lipinski definition) is 3. The molecule has 0 radical (unpaired) electrons. The second-order valence-corrected chi connectivity index (χ2v) is 9.17. The van der Waals surface area contributed by atoms with Gasteiger partial charge >= 0.3 is 0 Å².